The Morgan fingerprint density at radius 3 is 1.26 bits per heavy atom. The molecule has 0 spiro atoms. The smallest absolute Gasteiger partial charge is 0.130 e. The number of hydrogen-bond donors (Lipinski definition) is 2. The van der Waals surface area contributed by atoms with Crippen molar-refractivity contribution in [3.63, 3.8) is 0 Å². The highest BCUT2D eigenvalue weighted by molar-refractivity contribution is 5.86. The van der Waals surface area contributed by atoms with Crippen LogP contribution in [-0.4, -0.2) is 0 Å². The van der Waals surface area contributed by atoms with E-state index in [1.165, 1.54) is 33.4 Å². The van der Waals surface area contributed by atoms with Crippen molar-refractivity contribution >= 4 is 11.4 Å². The Bertz CT molecular complexity index is 1820. The molecule has 0 radical (unpaired) electrons. The van der Waals surface area contributed by atoms with E-state index in [2.05, 4.69) is 98.8 Å². The third-order valence-corrected chi connectivity index (χ3v) is 8.38. The molecular formula is C39H32N2O2. The van der Waals surface area contributed by atoms with Crippen LogP contribution < -0.4 is 20.9 Å². The van der Waals surface area contributed by atoms with Crippen molar-refractivity contribution in [2.45, 2.75) is 19.3 Å². The second kappa shape index (κ2) is 10.4. The van der Waals surface area contributed by atoms with Crippen molar-refractivity contribution in [2.75, 3.05) is 11.5 Å². The molecule has 210 valence electrons. The van der Waals surface area contributed by atoms with Crippen LogP contribution in [0.4, 0.5) is 11.4 Å². The van der Waals surface area contributed by atoms with Gasteiger partial charge in [-0.15, -0.1) is 0 Å². The summed E-state index contributed by atoms with van der Waals surface area (Å²) in [6.07, 6.45) is 0. The maximum Gasteiger partial charge on any atom is 0.130 e. The number of nitrogen functional groups attached to an aromatic ring is 2. The number of benzene rings is 6. The summed E-state index contributed by atoms with van der Waals surface area (Å²) in [6, 6.07) is 45.6. The highest BCUT2D eigenvalue weighted by atomic mass is 16.5. The van der Waals surface area contributed by atoms with Gasteiger partial charge in [-0.1, -0.05) is 72.8 Å². The molecule has 0 saturated carbocycles. The molecule has 0 fully saturated rings. The maximum atomic E-state index is 6.28. The molecule has 6 aromatic rings. The van der Waals surface area contributed by atoms with Gasteiger partial charge in [-0.2, -0.15) is 0 Å². The lowest BCUT2D eigenvalue weighted by Gasteiger charge is -2.34. The van der Waals surface area contributed by atoms with E-state index >= 15 is 0 Å². The fraction of sp³-hybridized carbons (Fsp3) is 0.0769. The van der Waals surface area contributed by atoms with Gasteiger partial charge in [-0.3, -0.25) is 0 Å². The lowest BCUT2D eigenvalue weighted by Crippen LogP contribution is -2.28. The molecule has 4 heteroatoms. The second-order valence-electron chi connectivity index (χ2n) is 11.1. The Labute approximate surface area is 252 Å². The number of ether oxygens (including phenoxy) is 2. The molecule has 0 heterocycles. The normalized spacial score (nSPS) is 12.8. The van der Waals surface area contributed by atoms with E-state index in [4.69, 9.17) is 20.9 Å². The highest BCUT2D eigenvalue weighted by Gasteiger charge is 2.46. The zero-order valence-electron chi connectivity index (χ0n) is 24.2. The van der Waals surface area contributed by atoms with Crippen LogP contribution in [0.15, 0.2) is 133 Å². The monoisotopic (exact) mass is 560 g/mol. The average Bonchev–Trinajstić information content (AvgIpc) is 3.32. The fourth-order valence-corrected chi connectivity index (χ4v) is 6.34. The molecule has 0 bridgehead atoms. The minimum Gasteiger partial charge on any atom is -0.457 e. The van der Waals surface area contributed by atoms with Crippen LogP contribution in [0.25, 0.3) is 11.1 Å². The highest BCUT2D eigenvalue weighted by Crippen LogP contribution is 2.56. The van der Waals surface area contributed by atoms with E-state index in [1.807, 2.05) is 48.5 Å². The lowest BCUT2D eigenvalue weighted by molar-refractivity contribution is 0.478. The zero-order chi connectivity index (χ0) is 29.6. The van der Waals surface area contributed by atoms with Crippen molar-refractivity contribution in [3.8, 4) is 34.1 Å². The summed E-state index contributed by atoms with van der Waals surface area (Å²) < 4.78 is 12.6. The van der Waals surface area contributed by atoms with Crippen molar-refractivity contribution in [2.24, 2.45) is 0 Å². The third kappa shape index (κ3) is 4.48. The molecule has 1 aliphatic rings. The van der Waals surface area contributed by atoms with Crippen LogP contribution in [0.1, 0.15) is 33.4 Å². The van der Waals surface area contributed by atoms with Gasteiger partial charge in [0, 0.05) is 11.4 Å². The Hall–Kier alpha value is -5.48. The summed E-state index contributed by atoms with van der Waals surface area (Å²) in [4.78, 5) is 0. The molecule has 0 saturated heterocycles. The summed E-state index contributed by atoms with van der Waals surface area (Å²) in [5.41, 5.74) is 22.1. The molecule has 43 heavy (non-hydrogen) atoms. The predicted molar refractivity (Wildman–Crippen MR) is 175 cm³/mol. The Morgan fingerprint density at radius 2 is 0.860 bits per heavy atom. The second-order valence-corrected chi connectivity index (χ2v) is 11.1. The van der Waals surface area contributed by atoms with Crippen LogP contribution in [0.2, 0.25) is 0 Å². The van der Waals surface area contributed by atoms with E-state index < -0.39 is 5.41 Å². The molecule has 4 N–H and O–H groups in total. The molecule has 0 aliphatic heterocycles. The standard InChI is InChI=1S/C39H32N2O2/c1-25-23-27(11-21-37(25)42-31-17-13-29(40)14-18-31)39(35-9-5-3-7-33(35)34-8-4-6-10-36(34)39)28-12-22-38(26(2)24-28)43-32-19-15-30(41)16-20-32/h3-24H,40-41H2,1-2H3. The first-order chi connectivity index (χ1) is 20.9. The van der Waals surface area contributed by atoms with Crippen molar-refractivity contribution in [1.29, 1.82) is 0 Å². The first-order valence-electron chi connectivity index (χ1n) is 14.4. The van der Waals surface area contributed by atoms with Gasteiger partial charge in [0.2, 0.25) is 0 Å². The van der Waals surface area contributed by atoms with E-state index in [0.717, 1.165) is 34.1 Å². The first kappa shape index (κ1) is 26.4. The number of rotatable bonds is 6. The van der Waals surface area contributed by atoms with E-state index in [9.17, 15) is 0 Å². The minimum absolute atomic E-state index is 0.526. The fourth-order valence-electron chi connectivity index (χ4n) is 6.34. The Morgan fingerprint density at radius 1 is 0.465 bits per heavy atom. The number of anilines is 2. The van der Waals surface area contributed by atoms with Gasteiger partial charge < -0.3 is 20.9 Å². The van der Waals surface area contributed by atoms with Gasteiger partial charge in [0.15, 0.2) is 0 Å². The molecule has 0 unspecified atom stereocenters. The molecule has 0 atom stereocenters. The van der Waals surface area contributed by atoms with Crippen molar-refractivity contribution < 1.29 is 9.47 Å². The van der Waals surface area contributed by atoms with Crippen LogP contribution in [0.5, 0.6) is 23.0 Å². The summed E-state index contributed by atoms with van der Waals surface area (Å²) in [6.45, 7) is 4.21. The number of nitrogens with two attached hydrogens (primary N) is 2. The summed E-state index contributed by atoms with van der Waals surface area (Å²) in [7, 11) is 0. The summed E-state index contributed by atoms with van der Waals surface area (Å²) in [5.74, 6) is 3.13. The van der Waals surface area contributed by atoms with Gasteiger partial charge in [0.05, 0.1) is 5.41 Å². The Kier molecular flexibility index (Phi) is 6.40. The molecule has 4 nitrogen and oxygen atoms in total. The van der Waals surface area contributed by atoms with E-state index in [-0.39, 0.29) is 0 Å². The first-order valence-corrected chi connectivity index (χ1v) is 14.4. The SMILES string of the molecule is Cc1cc(C2(c3ccc(Oc4ccc(N)cc4)c(C)c3)c3ccccc3-c3ccccc32)ccc1Oc1ccc(N)cc1. The van der Waals surface area contributed by atoms with Crippen molar-refractivity contribution in [3.05, 3.63) is 167 Å². The van der Waals surface area contributed by atoms with Crippen LogP contribution in [0, 0.1) is 13.8 Å². The quantitative estimate of drug-likeness (QED) is 0.199. The van der Waals surface area contributed by atoms with E-state index in [0.29, 0.717) is 11.4 Å². The minimum atomic E-state index is -0.526. The largest absolute Gasteiger partial charge is 0.457 e. The van der Waals surface area contributed by atoms with Gasteiger partial charge in [0.25, 0.3) is 0 Å². The molecule has 1 aliphatic carbocycles. The number of aryl methyl sites for hydroxylation is 2. The topological polar surface area (TPSA) is 70.5 Å². The maximum absolute atomic E-state index is 6.28. The van der Waals surface area contributed by atoms with Crippen LogP contribution in [-0.2, 0) is 5.41 Å². The molecular weight excluding hydrogens is 528 g/mol. The Balaban J connectivity index is 1.39. The average molecular weight is 561 g/mol. The molecule has 6 aromatic carbocycles. The van der Waals surface area contributed by atoms with Gasteiger partial charge in [0.1, 0.15) is 23.0 Å². The third-order valence-electron chi connectivity index (χ3n) is 8.38. The van der Waals surface area contributed by atoms with E-state index in [1.54, 1.807) is 0 Å². The summed E-state index contributed by atoms with van der Waals surface area (Å²) >= 11 is 0. The molecule has 0 amide bonds. The summed E-state index contributed by atoms with van der Waals surface area (Å²) in [5, 5.41) is 0. The molecule has 7 rings (SSSR count). The molecule has 0 aromatic heterocycles. The number of fused-ring (bicyclic) bond motifs is 3. The number of hydrogen-bond acceptors (Lipinski definition) is 4. The lowest BCUT2D eigenvalue weighted by atomic mass is 9.67. The van der Waals surface area contributed by atoms with Gasteiger partial charge >= 0.3 is 0 Å². The predicted octanol–water partition coefficient (Wildman–Crippen LogP) is 9.42. The van der Waals surface area contributed by atoms with Crippen molar-refractivity contribution in [1.82, 2.24) is 0 Å². The van der Waals surface area contributed by atoms with Crippen LogP contribution >= 0.6 is 0 Å². The van der Waals surface area contributed by atoms with Crippen LogP contribution in [0.3, 0.4) is 0 Å². The zero-order valence-corrected chi connectivity index (χ0v) is 24.2. The van der Waals surface area contributed by atoms with Gasteiger partial charge in [-0.25, -0.2) is 0 Å². The van der Waals surface area contributed by atoms with Gasteiger partial charge in [-0.05, 0) is 119 Å².